The highest BCUT2D eigenvalue weighted by Gasteiger charge is 2.34. The molecule has 0 saturated carbocycles. The number of hydrogen-bond donors (Lipinski definition) is 1. The Kier molecular flexibility index (Phi) is 5.11. The SMILES string of the molecule is Cc1nn(-c2ccccc2)cc1CN1CCC(O)(CN2CCCC2)CC1. The molecule has 5 heteroatoms. The van der Waals surface area contributed by atoms with Gasteiger partial charge in [-0.25, -0.2) is 4.68 Å². The minimum Gasteiger partial charge on any atom is -0.388 e. The van der Waals surface area contributed by atoms with E-state index in [1.54, 1.807) is 0 Å². The van der Waals surface area contributed by atoms with Crippen LogP contribution in [0, 0.1) is 6.92 Å². The van der Waals surface area contributed by atoms with Crippen LogP contribution >= 0.6 is 0 Å². The number of β-amino-alcohol motifs (C(OH)–C–C–N with tert-alkyl or cyclic N) is 1. The molecule has 0 radical (unpaired) electrons. The van der Waals surface area contributed by atoms with E-state index in [-0.39, 0.29) is 0 Å². The average molecular weight is 354 g/mol. The maximum absolute atomic E-state index is 10.9. The lowest BCUT2D eigenvalue weighted by Gasteiger charge is -2.40. The second kappa shape index (κ2) is 7.51. The first kappa shape index (κ1) is 17.7. The third kappa shape index (κ3) is 4.00. The predicted octanol–water partition coefficient (Wildman–Crippen LogP) is 2.60. The van der Waals surface area contributed by atoms with E-state index in [0.717, 1.165) is 63.5 Å². The second-order valence-corrected chi connectivity index (χ2v) is 8.00. The quantitative estimate of drug-likeness (QED) is 0.896. The summed E-state index contributed by atoms with van der Waals surface area (Å²) in [5.41, 5.74) is 2.97. The van der Waals surface area contributed by atoms with Crippen molar-refractivity contribution in [3.8, 4) is 5.69 Å². The summed E-state index contributed by atoms with van der Waals surface area (Å²) in [6.45, 7) is 8.08. The van der Waals surface area contributed by atoms with Crippen molar-refractivity contribution in [2.45, 2.75) is 44.8 Å². The Morgan fingerprint density at radius 1 is 1.00 bits per heavy atom. The molecule has 26 heavy (non-hydrogen) atoms. The Morgan fingerprint density at radius 2 is 1.69 bits per heavy atom. The average Bonchev–Trinajstić information content (AvgIpc) is 3.28. The number of para-hydroxylation sites is 1. The summed E-state index contributed by atoms with van der Waals surface area (Å²) in [5.74, 6) is 0. The molecule has 140 valence electrons. The van der Waals surface area contributed by atoms with Crippen LogP contribution in [0.25, 0.3) is 5.69 Å². The first-order valence-electron chi connectivity index (χ1n) is 9.89. The van der Waals surface area contributed by atoms with Gasteiger partial charge in [-0.3, -0.25) is 4.90 Å². The zero-order valence-electron chi connectivity index (χ0n) is 15.8. The van der Waals surface area contributed by atoms with Crippen molar-refractivity contribution in [3.63, 3.8) is 0 Å². The van der Waals surface area contributed by atoms with Gasteiger partial charge in [-0.05, 0) is 57.8 Å². The van der Waals surface area contributed by atoms with Crippen molar-refractivity contribution in [2.75, 3.05) is 32.7 Å². The molecule has 2 aromatic rings. The van der Waals surface area contributed by atoms with E-state index in [1.165, 1.54) is 18.4 Å². The van der Waals surface area contributed by atoms with Gasteiger partial charge in [0.2, 0.25) is 0 Å². The molecule has 0 spiro atoms. The monoisotopic (exact) mass is 354 g/mol. The minimum atomic E-state index is -0.496. The maximum atomic E-state index is 10.9. The van der Waals surface area contributed by atoms with Crippen molar-refractivity contribution >= 4 is 0 Å². The van der Waals surface area contributed by atoms with Crippen LogP contribution in [0.2, 0.25) is 0 Å². The molecular formula is C21H30N4O. The van der Waals surface area contributed by atoms with E-state index in [4.69, 9.17) is 0 Å². The number of aromatic nitrogens is 2. The van der Waals surface area contributed by atoms with E-state index in [0.29, 0.717) is 0 Å². The molecule has 1 aromatic heterocycles. The summed E-state index contributed by atoms with van der Waals surface area (Å²) < 4.78 is 1.97. The number of aliphatic hydroxyl groups is 1. The Hall–Kier alpha value is -1.69. The molecule has 4 rings (SSSR count). The van der Waals surface area contributed by atoms with Gasteiger partial charge in [-0.15, -0.1) is 0 Å². The fraction of sp³-hybridized carbons (Fsp3) is 0.571. The van der Waals surface area contributed by atoms with E-state index >= 15 is 0 Å². The molecular weight excluding hydrogens is 324 g/mol. The van der Waals surface area contributed by atoms with Crippen LogP contribution in [0.5, 0.6) is 0 Å². The number of aryl methyl sites for hydroxylation is 1. The van der Waals surface area contributed by atoms with E-state index in [1.807, 2.05) is 22.9 Å². The Morgan fingerprint density at radius 3 is 2.38 bits per heavy atom. The van der Waals surface area contributed by atoms with Crippen LogP contribution in [-0.2, 0) is 6.54 Å². The number of nitrogens with zero attached hydrogens (tertiary/aromatic N) is 4. The number of piperidine rings is 1. The third-order valence-corrected chi connectivity index (χ3v) is 5.92. The van der Waals surface area contributed by atoms with E-state index in [9.17, 15) is 5.11 Å². The molecule has 1 aromatic carbocycles. The van der Waals surface area contributed by atoms with Crippen LogP contribution in [0.3, 0.4) is 0 Å². The summed E-state index contributed by atoms with van der Waals surface area (Å²) in [7, 11) is 0. The zero-order chi connectivity index (χ0) is 18.0. The standard InChI is InChI=1S/C21H30N4O/c1-18-19(16-25(22-18)20-7-3-2-4-8-20)15-23-13-9-21(26,10-14-23)17-24-11-5-6-12-24/h2-4,7-8,16,26H,5-6,9-15,17H2,1H3. The van der Waals surface area contributed by atoms with Gasteiger partial charge >= 0.3 is 0 Å². The van der Waals surface area contributed by atoms with Gasteiger partial charge in [-0.1, -0.05) is 18.2 Å². The minimum absolute atomic E-state index is 0.496. The number of hydrogen-bond acceptors (Lipinski definition) is 4. The number of rotatable bonds is 5. The molecule has 3 heterocycles. The normalized spacial score (nSPS) is 21.3. The van der Waals surface area contributed by atoms with Crippen molar-refractivity contribution in [2.24, 2.45) is 0 Å². The molecule has 2 aliphatic heterocycles. The van der Waals surface area contributed by atoms with Crippen LogP contribution < -0.4 is 0 Å². The number of benzene rings is 1. The molecule has 0 amide bonds. The fourth-order valence-electron chi connectivity index (χ4n) is 4.25. The highest BCUT2D eigenvalue weighted by atomic mass is 16.3. The van der Waals surface area contributed by atoms with Gasteiger partial charge in [0.1, 0.15) is 0 Å². The maximum Gasteiger partial charge on any atom is 0.0798 e. The van der Waals surface area contributed by atoms with Crippen LogP contribution in [0.4, 0.5) is 0 Å². The molecule has 2 aliphatic rings. The fourth-order valence-corrected chi connectivity index (χ4v) is 4.25. The Balaban J connectivity index is 1.35. The molecule has 0 aliphatic carbocycles. The van der Waals surface area contributed by atoms with Crippen LogP contribution in [0.1, 0.15) is 36.9 Å². The van der Waals surface area contributed by atoms with E-state index in [2.05, 4.69) is 40.2 Å². The van der Waals surface area contributed by atoms with Crippen LogP contribution in [0.15, 0.2) is 36.5 Å². The zero-order valence-corrected chi connectivity index (χ0v) is 15.8. The van der Waals surface area contributed by atoms with E-state index < -0.39 is 5.60 Å². The molecule has 0 atom stereocenters. The number of likely N-dealkylation sites (tertiary alicyclic amines) is 2. The Labute approximate surface area is 156 Å². The van der Waals surface area contributed by atoms with Gasteiger partial charge in [0, 0.05) is 37.9 Å². The van der Waals surface area contributed by atoms with Crippen molar-refractivity contribution in [3.05, 3.63) is 47.8 Å². The van der Waals surface area contributed by atoms with Gasteiger partial charge in [-0.2, -0.15) is 5.10 Å². The van der Waals surface area contributed by atoms with Crippen molar-refractivity contribution < 1.29 is 5.11 Å². The van der Waals surface area contributed by atoms with Gasteiger partial charge < -0.3 is 10.0 Å². The molecule has 0 unspecified atom stereocenters. The summed E-state index contributed by atoms with van der Waals surface area (Å²) in [6.07, 6.45) is 6.46. The topological polar surface area (TPSA) is 44.5 Å². The summed E-state index contributed by atoms with van der Waals surface area (Å²) in [6, 6.07) is 10.3. The second-order valence-electron chi connectivity index (χ2n) is 8.00. The van der Waals surface area contributed by atoms with Crippen molar-refractivity contribution in [1.82, 2.24) is 19.6 Å². The first-order chi connectivity index (χ1) is 12.6. The summed E-state index contributed by atoms with van der Waals surface area (Å²) >= 11 is 0. The lowest BCUT2D eigenvalue weighted by Crippen LogP contribution is -2.50. The smallest absolute Gasteiger partial charge is 0.0798 e. The van der Waals surface area contributed by atoms with Crippen LogP contribution in [-0.4, -0.2) is 63.0 Å². The summed E-state index contributed by atoms with van der Waals surface area (Å²) in [4.78, 5) is 4.89. The molecule has 2 saturated heterocycles. The van der Waals surface area contributed by atoms with Gasteiger partial charge in [0.05, 0.1) is 17.0 Å². The van der Waals surface area contributed by atoms with Crippen molar-refractivity contribution in [1.29, 1.82) is 0 Å². The molecule has 0 bridgehead atoms. The highest BCUT2D eigenvalue weighted by Crippen LogP contribution is 2.26. The van der Waals surface area contributed by atoms with Gasteiger partial charge in [0.15, 0.2) is 0 Å². The molecule has 1 N–H and O–H groups in total. The molecule has 2 fully saturated rings. The Bertz CT molecular complexity index is 713. The first-order valence-corrected chi connectivity index (χ1v) is 9.89. The highest BCUT2D eigenvalue weighted by molar-refractivity contribution is 5.32. The van der Waals surface area contributed by atoms with Gasteiger partial charge in [0.25, 0.3) is 0 Å². The largest absolute Gasteiger partial charge is 0.388 e. The predicted molar refractivity (Wildman–Crippen MR) is 103 cm³/mol. The third-order valence-electron chi connectivity index (χ3n) is 5.92. The lowest BCUT2D eigenvalue weighted by molar-refractivity contribution is -0.0430. The molecule has 5 nitrogen and oxygen atoms in total. The lowest BCUT2D eigenvalue weighted by atomic mass is 9.90. The summed E-state index contributed by atoms with van der Waals surface area (Å²) in [5, 5.41) is 15.6.